The van der Waals surface area contributed by atoms with Crippen LogP contribution in [0.2, 0.25) is 0 Å². The Labute approximate surface area is 180 Å². The van der Waals surface area contributed by atoms with E-state index in [1.165, 1.54) is 24.2 Å². The number of hydrogen-bond acceptors (Lipinski definition) is 6. The summed E-state index contributed by atoms with van der Waals surface area (Å²) in [6, 6.07) is 11.4. The van der Waals surface area contributed by atoms with Crippen LogP contribution < -0.4 is 5.32 Å². The minimum atomic E-state index is -0.381. The molecule has 2 N–H and O–H groups in total. The van der Waals surface area contributed by atoms with Gasteiger partial charge in [0.15, 0.2) is 0 Å². The summed E-state index contributed by atoms with van der Waals surface area (Å²) in [6.07, 6.45) is 3.38. The maximum absolute atomic E-state index is 10.5. The number of aliphatic hydroxyl groups excluding tert-OH is 1. The van der Waals surface area contributed by atoms with E-state index in [2.05, 4.69) is 69.3 Å². The number of aliphatic hydroxyl groups is 1. The topological polar surface area (TPSA) is 64.5 Å². The van der Waals surface area contributed by atoms with Gasteiger partial charge in [-0.15, -0.1) is 0 Å². The number of hydrogen-bond donors (Lipinski definition) is 2. The molecular weight excluding hydrogens is 374 g/mol. The summed E-state index contributed by atoms with van der Waals surface area (Å²) in [4.78, 5) is 13.7. The van der Waals surface area contributed by atoms with E-state index in [-0.39, 0.29) is 6.10 Å². The van der Waals surface area contributed by atoms with Crippen molar-refractivity contribution in [2.75, 3.05) is 32.7 Å². The van der Waals surface area contributed by atoms with Gasteiger partial charge in [-0.3, -0.25) is 4.90 Å². The lowest BCUT2D eigenvalue weighted by Crippen LogP contribution is -2.50. The highest BCUT2D eigenvalue weighted by Gasteiger charge is 2.28. The molecule has 0 radical (unpaired) electrons. The minimum Gasteiger partial charge on any atom is -0.390 e. The standard InChI is InChI=1S/C24H35N5O/c1-18(2)29-13-19(14-29)9-22-10-23(27-17-26-22)11-25-12-24(30)16-28-8-7-20-5-3-4-6-21(20)15-28/h3-6,10,17-19,24-25,30H,7-9,11-16H2,1-2H3. The summed E-state index contributed by atoms with van der Waals surface area (Å²) in [5, 5.41) is 13.8. The van der Waals surface area contributed by atoms with Gasteiger partial charge in [-0.1, -0.05) is 24.3 Å². The highest BCUT2D eigenvalue weighted by Crippen LogP contribution is 2.22. The number of likely N-dealkylation sites (tertiary alicyclic amines) is 1. The van der Waals surface area contributed by atoms with Gasteiger partial charge in [0.2, 0.25) is 0 Å². The van der Waals surface area contributed by atoms with Crippen LogP contribution in [0.4, 0.5) is 0 Å². The van der Waals surface area contributed by atoms with E-state index in [4.69, 9.17) is 0 Å². The number of aromatic nitrogens is 2. The Morgan fingerprint density at radius 3 is 2.70 bits per heavy atom. The lowest BCUT2D eigenvalue weighted by atomic mass is 9.93. The second kappa shape index (κ2) is 9.96. The molecule has 3 heterocycles. The van der Waals surface area contributed by atoms with Crippen LogP contribution in [0, 0.1) is 5.92 Å². The fourth-order valence-corrected chi connectivity index (χ4v) is 4.55. The molecule has 1 unspecified atom stereocenters. The van der Waals surface area contributed by atoms with E-state index in [0.29, 0.717) is 31.6 Å². The van der Waals surface area contributed by atoms with Crippen LogP contribution in [0.1, 0.15) is 36.4 Å². The molecule has 2 aromatic rings. The number of nitrogens with zero attached hydrogens (tertiary/aromatic N) is 4. The normalized spacial score (nSPS) is 18.9. The molecule has 1 aromatic carbocycles. The quantitative estimate of drug-likeness (QED) is 0.659. The third-order valence-electron chi connectivity index (χ3n) is 6.36. The second-order valence-electron chi connectivity index (χ2n) is 9.16. The smallest absolute Gasteiger partial charge is 0.115 e. The summed E-state index contributed by atoms with van der Waals surface area (Å²) >= 11 is 0. The van der Waals surface area contributed by atoms with Gasteiger partial charge in [0.25, 0.3) is 0 Å². The molecule has 4 rings (SSSR count). The average molecular weight is 410 g/mol. The molecule has 6 heteroatoms. The van der Waals surface area contributed by atoms with E-state index < -0.39 is 0 Å². The summed E-state index contributed by atoms with van der Waals surface area (Å²) < 4.78 is 0. The zero-order valence-corrected chi connectivity index (χ0v) is 18.3. The highest BCUT2D eigenvalue weighted by molar-refractivity contribution is 5.29. The number of nitrogens with one attached hydrogen (secondary N) is 1. The molecule has 0 aliphatic carbocycles. The van der Waals surface area contributed by atoms with E-state index in [1.807, 2.05) is 0 Å². The van der Waals surface area contributed by atoms with Gasteiger partial charge < -0.3 is 15.3 Å². The first-order chi connectivity index (χ1) is 14.6. The molecule has 0 bridgehead atoms. The van der Waals surface area contributed by atoms with Crippen molar-refractivity contribution in [2.45, 2.75) is 51.9 Å². The Kier molecular flexibility index (Phi) is 7.10. The predicted molar refractivity (Wildman–Crippen MR) is 119 cm³/mol. The molecule has 1 atom stereocenters. The molecule has 30 heavy (non-hydrogen) atoms. The van der Waals surface area contributed by atoms with E-state index >= 15 is 0 Å². The summed E-state index contributed by atoms with van der Waals surface area (Å²) in [6.45, 7) is 10.7. The van der Waals surface area contributed by atoms with Crippen molar-refractivity contribution in [1.82, 2.24) is 25.1 Å². The van der Waals surface area contributed by atoms with Crippen molar-refractivity contribution in [2.24, 2.45) is 5.92 Å². The van der Waals surface area contributed by atoms with Crippen LogP contribution in [0.25, 0.3) is 0 Å². The summed E-state index contributed by atoms with van der Waals surface area (Å²) in [5.74, 6) is 0.708. The molecule has 2 aliphatic heterocycles. The third-order valence-corrected chi connectivity index (χ3v) is 6.36. The Bertz CT molecular complexity index is 821. The molecule has 162 valence electrons. The molecule has 2 aliphatic rings. The van der Waals surface area contributed by atoms with Gasteiger partial charge in [0.05, 0.1) is 11.8 Å². The van der Waals surface area contributed by atoms with Crippen molar-refractivity contribution in [3.63, 3.8) is 0 Å². The van der Waals surface area contributed by atoms with Crippen molar-refractivity contribution in [3.8, 4) is 0 Å². The number of fused-ring (bicyclic) bond motifs is 1. The van der Waals surface area contributed by atoms with Gasteiger partial charge >= 0.3 is 0 Å². The first kappa shape index (κ1) is 21.4. The largest absolute Gasteiger partial charge is 0.390 e. The number of rotatable bonds is 9. The monoisotopic (exact) mass is 409 g/mol. The number of benzene rings is 1. The van der Waals surface area contributed by atoms with E-state index in [0.717, 1.165) is 37.3 Å². The van der Waals surface area contributed by atoms with Gasteiger partial charge in [-0.2, -0.15) is 0 Å². The maximum atomic E-state index is 10.5. The van der Waals surface area contributed by atoms with Crippen molar-refractivity contribution >= 4 is 0 Å². The van der Waals surface area contributed by atoms with Gasteiger partial charge in [-0.25, -0.2) is 9.97 Å². The van der Waals surface area contributed by atoms with Crippen molar-refractivity contribution in [3.05, 3.63) is 59.2 Å². The molecule has 0 amide bonds. The van der Waals surface area contributed by atoms with Gasteiger partial charge in [0.1, 0.15) is 6.33 Å². The first-order valence-electron chi connectivity index (χ1n) is 11.3. The summed E-state index contributed by atoms with van der Waals surface area (Å²) in [7, 11) is 0. The van der Waals surface area contributed by atoms with E-state index in [1.54, 1.807) is 6.33 Å². The Morgan fingerprint density at radius 1 is 1.13 bits per heavy atom. The predicted octanol–water partition coefficient (Wildman–Crippen LogP) is 1.87. The molecule has 0 saturated carbocycles. The summed E-state index contributed by atoms with van der Waals surface area (Å²) in [5.41, 5.74) is 4.96. The van der Waals surface area contributed by atoms with Crippen LogP contribution in [0.5, 0.6) is 0 Å². The molecule has 1 fully saturated rings. The van der Waals surface area contributed by atoms with Crippen molar-refractivity contribution < 1.29 is 5.11 Å². The SMILES string of the molecule is CC(C)N1CC(Cc2cc(CNCC(O)CN3CCc4ccccc4C3)ncn2)C1. The van der Waals surface area contributed by atoms with Crippen LogP contribution in [-0.4, -0.2) is 69.7 Å². The fraction of sp³-hybridized carbons (Fsp3) is 0.583. The van der Waals surface area contributed by atoms with Gasteiger partial charge in [0, 0.05) is 57.5 Å². The lowest BCUT2D eigenvalue weighted by Gasteiger charge is -2.42. The maximum Gasteiger partial charge on any atom is 0.115 e. The van der Waals surface area contributed by atoms with Crippen LogP contribution in [0.3, 0.4) is 0 Å². The molecular formula is C24H35N5O. The van der Waals surface area contributed by atoms with E-state index in [9.17, 15) is 5.11 Å². The van der Waals surface area contributed by atoms with Crippen molar-refractivity contribution in [1.29, 1.82) is 0 Å². The fourth-order valence-electron chi connectivity index (χ4n) is 4.55. The Morgan fingerprint density at radius 2 is 1.90 bits per heavy atom. The van der Waals surface area contributed by atoms with Crippen LogP contribution in [0.15, 0.2) is 36.7 Å². The average Bonchev–Trinajstić information content (AvgIpc) is 2.70. The zero-order valence-electron chi connectivity index (χ0n) is 18.3. The molecule has 0 spiro atoms. The first-order valence-corrected chi connectivity index (χ1v) is 11.3. The zero-order chi connectivity index (χ0) is 20.9. The molecule has 6 nitrogen and oxygen atoms in total. The van der Waals surface area contributed by atoms with Gasteiger partial charge in [-0.05, 0) is 49.8 Å². The molecule has 1 saturated heterocycles. The van der Waals surface area contributed by atoms with Crippen LogP contribution >= 0.6 is 0 Å². The lowest BCUT2D eigenvalue weighted by molar-refractivity contribution is 0.0675. The molecule has 1 aromatic heterocycles. The van der Waals surface area contributed by atoms with Crippen LogP contribution in [-0.2, 0) is 25.9 Å². The highest BCUT2D eigenvalue weighted by atomic mass is 16.3. The third kappa shape index (κ3) is 5.64. The number of β-amino-alcohol motifs (C(OH)–C–C–N with tert-alkyl or cyclic N) is 1. The Balaban J connectivity index is 1.17. The Hall–Kier alpha value is -1.86. The minimum absolute atomic E-state index is 0.381. The second-order valence-corrected chi connectivity index (χ2v) is 9.16.